The summed E-state index contributed by atoms with van der Waals surface area (Å²) in [5.74, 6) is -0.755. The van der Waals surface area contributed by atoms with Gasteiger partial charge in [0.05, 0.1) is 19.9 Å². The van der Waals surface area contributed by atoms with Crippen molar-refractivity contribution in [3.8, 4) is 0 Å². The van der Waals surface area contributed by atoms with E-state index in [4.69, 9.17) is 19.9 Å². The lowest BCUT2D eigenvalue weighted by molar-refractivity contribution is 0.119. The highest BCUT2D eigenvalue weighted by atomic mass is 32.2. The molecule has 0 spiro atoms. The molecule has 0 bridgehead atoms. The number of rotatable bonds is 7. The molecule has 0 aromatic rings. The molecule has 0 saturated heterocycles. The van der Waals surface area contributed by atoms with Crippen LogP contribution in [0.25, 0.3) is 0 Å². The Morgan fingerprint density at radius 2 is 1.73 bits per heavy atom. The van der Waals surface area contributed by atoms with Crippen molar-refractivity contribution < 1.29 is 28.3 Å². The van der Waals surface area contributed by atoms with Crippen molar-refractivity contribution in [3.05, 3.63) is 0 Å². The molecule has 0 aromatic heterocycles. The molecule has 0 heterocycles. The molecule has 0 aliphatic heterocycles. The van der Waals surface area contributed by atoms with Crippen molar-refractivity contribution in [1.82, 2.24) is 5.32 Å². The Bertz CT molecular complexity index is 273. The normalized spacial score (nSPS) is 15.3. The summed E-state index contributed by atoms with van der Waals surface area (Å²) in [5, 5.41) is 28.9. The van der Waals surface area contributed by atoms with Crippen LogP contribution in [-0.4, -0.2) is 59.5 Å². The van der Waals surface area contributed by atoms with Gasteiger partial charge in [0, 0.05) is 6.54 Å². The van der Waals surface area contributed by atoms with E-state index in [0.717, 1.165) is 0 Å². The largest absolute Gasteiger partial charge is 0.395 e. The van der Waals surface area contributed by atoms with Crippen LogP contribution in [0.15, 0.2) is 0 Å². The van der Waals surface area contributed by atoms with Gasteiger partial charge in [-0.05, 0) is 5.92 Å². The summed E-state index contributed by atoms with van der Waals surface area (Å²) in [6.45, 7) is -0.670. The highest BCUT2D eigenvalue weighted by Gasteiger charge is 2.46. The Morgan fingerprint density at radius 3 is 2.00 bits per heavy atom. The Morgan fingerprint density at radius 1 is 1.27 bits per heavy atom. The molecule has 1 atom stereocenters. The molecule has 0 rings (SSSR count). The number of aliphatic hydroxyl groups excluding tert-OH is 3. The summed E-state index contributed by atoms with van der Waals surface area (Å²) in [6.07, 6.45) is 0. The van der Waals surface area contributed by atoms with Crippen LogP contribution in [-0.2, 0) is 10.1 Å². The van der Waals surface area contributed by atoms with Gasteiger partial charge in [0.15, 0.2) is 0 Å². The first-order chi connectivity index (χ1) is 6.85. The predicted molar refractivity (Wildman–Crippen MR) is 52.7 cm³/mol. The summed E-state index contributed by atoms with van der Waals surface area (Å²) < 4.78 is 29.1. The summed E-state index contributed by atoms with van der Waals surface area (Å²) in [7, 11) is -4.58. The number of nitrogens with one attached hydrogen (secondary N) is 1. The summed E-state index contributed by atoms with van der Waals surface area (Å²) in [5.41, 5.74) is 0. The third-order valence-electron chi connectivity index (χ3n) is 2.51. The van der Waals surface area contributed by atoms with Gasteiger partial charge in [0.2, 0.25) is 0 Å². The molecule has 5 N–H and O–H groups in total. The molecule has 0 fully saturated rings. The quantitative estimate of drug-likeness (QED) is 0.253. The van der Waals surface area contributed by atoms with Gasteiger partial charge in [-0.15, -0.1) is 0 Å². The molecule has 0 radical (unpaired) electrons. The summed E-state index contributed by atoms with van der Waals surface area (Å²) in [4.78, 5) is 0. The first kappa shape index (κ1) is 14.8. The smallest absolute Gasteiger partial charge is 0.275 e. The van der Waals surface area contributed by atoms with Crippen LogP contribution in [0.4, 0.5) is 0 Å². The van der Waals surface area contributed by atoms with Gasteiger partial charge in [-0.25, -0.2) is 0 Å². The molecule has 1 unspecified atom stereocenters. The van der Waals surface area contributed by atoms with Crippen molar-refractivity contribution in [2.24, 2.45) is 5.92 Å². The van der Waals surface area contributed by atoms with E-state index in [9.17, 15) is 8.42 Å². The van der Waals surface area contributed by atoms with Crippen molar-refractivity contribution >= 4 is 10.1 Å². The van der Waals surface area contributed by atoms with Crippen LogP contribution in [0.5, 0.6) is 0 Å². The maximum atomic E-state index is 11.1. The standard InChI is InChI=1S/C7H17NO6S/c1-6(2-8-5-11)7(3-9,4-10)15(12,13)14/h6,8-11H,2-5H2,1H3,(H,12,13,14). The topological polar surface area (TPSA) is 127 Å². The van der Waals surface area contributed by atoms with Gasteiger partial charge >= 0.3 is 0 Å². The second-order valence-electron chi connectivity index (χ2n) is 3.37. The maximum Gasteiger partial charge on any atom is 0.275 e. The van der Waals surface area contributed by atoms with Crippen molar-refractivity contribution in [2.45, 2.75) is 11.7 Å². The van der Waals surface area contributed by atoms with E-state index in [2.05, 4.69) is 5.32 Å². The molecule has 0 aromatic carbocycles. The van der Waals surface area contributed by atoms with Crippen LogP contribution in [0.1, 0.15) is 6.92 Å². The SMILES string of the molecule is CC(CNCO)C(CO)(CO)S(=O)(=O)O. The maximum absolute atomic E-state index is 11.1. The van der Waals surface area contributed by atoms with Crippen molar-refractivity contribution in [3.63, 3.8) is 0 Å². The fourth-order valence-corrected chi connectivity index (χ4v) is 2.16. The van der Waals surface area contributed by atoms with E-state index in [1.807, 2.05) is 0 Å². The number of hydrogen-bond acceptors (Lipinski definition) is 6. The van der Waals surface area contributed by atoms with Crippen LogP contribution >= 0.6 is 0 Å². The second-order valence-corrected chi connectivity index (χ2v) is 5.13. The third-order valence-corrected chi connectivity index (χ3v) is 4.20. The fourth-order valence-electron chi connectivity index (χ4n) is 1.25. The van der Waals surface area contributed by atoms with Gasteiger partial charge < -0.3 is 15.3 Å². The van der Waals surface area contributed by atoms with Crippen LogP contribution < -0.4 is 5.32 Å². The lowest BCUT2D eigenvalue weighted by Crippen LogP contribution is -2.53. The molecule has 0 amide bonds. The van der Waals surface area contributed by atoms with E-state index in [-0.39, 0.29) is 13.3 Å². The van der Waals surface area contributed by atoms with Crippen LogP contribution in [0.2, 0.25) is 0 Å². The van der Waals surface area contributed by atoms with Gasteiger partial charge in [0.25, 0.3) is 10.1 Å². The second kappa shape index (κ2) is 5.73. The minimum Gasteiger partial charge on any atom is -0.395 e. The van der Waals surface area contributed by atoms with Crippen LogP contribution in [0.3, 0.4) is 0 Å². The van der Waals surface area contributed by atoms with Gasteiger partial charge in [0.1, 0.15) is 4.75 Å². The number of aliphatic hydroxyl groups is 3. The van der Waals surface area contributed by atoms with E-state index >= 15 is 0 Å². The van der Waals surface area contributed by atoms with Crippen molar-refractivity contribution in [1.29, 1.82) is 0 Å². The van der Waals surface area contributed by atoms with E-state index < -0.39 is 34.0 Å². The van der Waals surface area contributed by atoms with E-state index in [1.54, 1.807) is 0 Å². The Hall–Kier alpha value is -0.250. The summed E-state index contributed by atoms with van der Waals surface area (Å²) in [6, 6.07) is 0. The van der Waals surface area contributed by atoms with E-state index in [0.29, 0.717) is 0 Å². The monoisotopic (exact) mass is 243 g/mol. The predicted octanol–water partition coefficient (Wildman–Crippen LogP) is -2.23. The zero-order valence-corrected chi connectivity index (χ0v) is 9.24. The molecule has 0 saturated carbocycles. The highest BCUT2D eigenvalue weighted by molar-refractivity contribution is 7.87. The molecule has 0 aliphatic rings. The van der Waals surface area contributed by atoms with Crippen molar-refractivity contribution in [2.75, 3.05) is 26.5 Å². The minimum absolute atomic E-state index is 0.0391. The zero-order chi connectivity index (χ0) is 12.1. The lowest BCUT2D eigenvalue weighted by atomic mass is 9.94. The molecule has 8 heteroatoms. The van der Waals surface area contributed by atoms with Gasteiger partial charge in [-0.2, -0.15) is 8.42 Å². The third kappa shape index (κ3) is 3.10. The average molecular weight is 243 g/mol. The molecule has 15 heavy (non-hydrogen) atoms. The molecular weight excluding hydrogens is 226 g/mol. The average Bonchev–Trinajstić information content (AvgIpc) is 2.15. The summed E-state index contributed by atoms with van der Waals surface area (Å²) >= 11 is 0. The number of hydrogen-bond donors (Lipinski definition) is 5. The first-order valence-electron chi connectivity index (χ1n) is 4.36. The van der Waals surface area contributed by atoms with Gasteiger partial charge in [-0.1, -0.05) is 6.92 Å². The zero-order valence-electron chi connectivity index (χ0n) is 8.42. The Balaban J connectivity index is 4.94. The molecule has 92 valence electrons. The Labute approximate surface area is 88.5 Å². The van der Waals surface area contributed by atoms with E-state index in [1.165, 1.54) is 6.92 Å². The van der Waals surface area contributed by atoms with Crippen LogP contribution in [0, 0.1) is 5.92 Å². The Kier molecular flexibility index (Phi) is 5.63. The molecule has 7 nitrogen and oxygen atoms in total. The fraction of sp³-hybridized carbons (Fsp3) is 1.00. The van der Waals surface area contributed by atoms with Gasteiger partial charge in [-0.3, -0.25) is 9.87 Å². The highest BCUT2D eigenvalue weighted by Crippen LogP contribution is 2.25. The minimum atomic E-state index is -4.58. The lowest BCUT2D eigenvalue weighted by Gasteiger charge is -2.32. The molecule has 0 aliphatic carbocycles. The first-order valence-corrected chi connectivity index (χ1v) is 5.80. The molecular formula is C7H17NO6S.